The number of para-hydroxylation sites is 1. The van der Waals surface area contributed by atoms with E-state index in [1.807, 2.05) is 0 Å². The molecule has 0 bridgehead atoms. The van der Waals surface area contributed by atoms with Crippen molar-refractivity contribution in [3.8, 4) is 0 Å². The third-order valence-electron chi connectivity index (χ3n) is 2.78. The molecule has 1 amide bonds. The largest absolute Gasteiger partial charge is 0.469 e. The fourth-order valence-corrected chi connectivity index (χ4v) is 1.91. The smallest absolute Gasteiger partial charge is 0.310 e. The molecule has 21 heavy (non-hydrogen) atoms. The molecule has 0 aliphatic carbocycles. The Morgan fingerprint density at radius 2 is 1.95 bits per heavy atom. The number of hydrogen-bond acceptors (Lipinski definition) is 4. The number of hydrogen-bond donors (Lipinski definition) is 1. The van der Waals surface area contributed by atoms with Gasteiger partial charge in [-0.05, 0) is 23.8 Å². The molecule has 2 rings (SSSR count). The number of aromatic nitrogens is 1. The normalized spacial score (nSPS) is 10.0. The molecule has 0 unspecified atom stereocenters. The molecule has 0 spiro atoms. The van der Waals surface area contributed by atoms with Crippen LogP contribution in [0, 0.1) is 0 Å². The third kappa shape index (κ3) is 4.03. The summed E-state index contributed by atoms with van der Waals surface area (Å²) in [4.78, 5) is 27.4. The number of carbonyl (C=O) groups excluding carboxylic acids is 2. The predicted octanol–water partition coefficient (Wildman–Crippen LogP) is 2.70. The Balaban J connectivity index is 2.19. The van der Waals surface area contributed by atoms with E-state index in [-0.39, 0.29) is 23.2 Å². The molecule has 1 heterocycles. The van der Waals surface area contributed by atoms with E-state index in [0.717, 1.165) is 0 Å². The molecular formula is C15H13ClN2O3. The van der Waals surface area contributed by atoms with Crippen LogP contribution in [0.1, 0.15) is 16.1 Å². The van der Waals surface area contributed by atoms with Crippen molar-refractivity contribution in [1.82, 2.24) is 4.98 Å². The third-order valence-corrected chi connectivity index (χ3v) is 2.99. The fourth-order valence-electron chi connectivity index (χ4n) is 1.75. The van der Waals surface area contributed by atoms with Crippen LogP contribution in [0.25, 0.3) is 0 Å². The first-order chi connectivity index (χ1) is 10.1. The molecule has 2 aromatic rings. The van der Waals surface area contributed by atoms with E-state index < -0.39 is 5.91 Å². The van der Waals surface area contributed by atoms with Crippen LogP contribution >= 0.6 is 11.6 Å². The van der Waals surface area contributed by atoms with Gasteiger partial charge in [-0.15, -0.1) is 0 Å². The quantitative estimate of drug-likeness (QED) is 0.696. The summed E-state index contributed by atoms with van der Waals surface area (Å²) in [5.74, 6) is -0.771. The van der Waals surface area contributed by atoms with Crippen LogP contribution in [0.3, 0.4) is 0 Å². The standard InChI is InChI=1S/C15H13ClN2O3/c1-21-14(19)9-10-5-2-3-6-11(10)18-15(20)12-7-4-8-13(16)17-12/h2-8H,9H2,1H3,(H,18,20). The molecule has 6 heteroatoms. The lowest BCUT2D eigenvalue weighted by Gasteiger charge is -2.10. The van der Waals surface area contributed by atoms with E-state index in [1.54, 1.807) is 42.5 Å². The number of rotatable bonds is 4. The summed E-state index contributed by atoms with van der Waals surface area (Å²) in [5.41, 5.74) is 1.41. The molecule has 0 saturated carbocycles. The van der Waals surface area contributed by atoms with Gasteiger partial charge in [0.2, 0.25) is 0 Å². The Morgan fingerprint density at radius 1 is 1.19 bits per heavy atom. The second kappa shape index (κ2) is 6.85. The Bertz CT molecular complexity index is 673. The highest BCUT2D eigenvalue weighted by molar-refractivity contribution is 6.29. The van der Waals surface area contributed by atoms with Crippen LogP contribution in [0.4, 0.5) is 5.69 Å². The highest BCUT2D eigenvalue weighted by Crippen LogP contribution is 2.17. The van der Waals surface area contributed by atoms with Crippen molar-refractivity contribution >= 4 is 29.2 Å². The zero-order valence-electron chi connectivity index (χ0n) is 11.3. The number of amides is 1. The molecule has 0 aliphatic rings. The first kappa shape index (κ1) is 15.0. The molecule has 0 saturated heterocycles. The van der Waals surface area contributed by atoms with Crippen molar-refractivity contribution in [2.24, 2.45) is 0 Å². The lowest BCUT2D eigenvalue weighted by molar-refractivity contribution is -0.139. The lowest BCUT2D eigenvalue weighted by Crippen LogP contribution is -2.16. The van der Waals surface area contributed by atoms with Crippen LogP contribution in [-0.4, -0.2) is 24.0 Å². The number of methoxy groups -OCH3 is 1. The van der Waals surface area contributed by atoms with Gasteiger partial charge in [-0.25, -0.2) is 4.98 Å². The summed E-state index contributed by atoms with van der Waals surface area (Å²) in [6, 6.07) is 11.8. The predicted molar refractivity (Wildman–Crippen MR) is 79.4 cm³/mol. The van der Waals surface area contributed by atoms with E-state index in [0.29, 0.717) is 11.3 Å². The molecule has 0 radical (unpaired) electrons. The number of carbonyl (C=O) groups is 2. The zero-order valence-corrected chi connectivity index (χ0v) is 12.1. The maximum Gasteiger partial charge on any atom is 0.310 e. The maximum atomic E-state index is 12.1. The number of halogens is 1. The number of pyridine rings is 1. The molecule has 1 aromatic heterocycles. The number of nitrogens with one attached hydrogen (secondary N) is 1. The second-order valence-corrected chi connectivity index (χ2v) is 4.60. The molecule has 0 fully saturated rings. The zero-order chi connectivity index (χ0) is 15.2. The minimum absolute atomic E-state index is 0.0793. The molecule has 0 atom stereocenters. The Labute approximate surface area is 126 Å². The topological polar surface area (TPSA) is 68.3 Å². The lowest BCUT2D eigenvalue weighted by atomic mass is 10.1. The number of ether oxygens (including phenoxy) is 1. The Morgan fingerprint density at radius 3 is 2.67 bits per heavy atom. The number of benzene rings is 1. The van der Waals surface area contributed by atoms with Gasteiger partial charge in [0.1, 0.15) is 10.8 Å². The molecule has 5 nitrogen and oxygen atoms in total. The minimum Gasteiger partial charge on any atom is -0.469 e. The van der Waals surface area contributed by atoms with E-state index in [1.165, 1.54) is 7.11 Å². The average molecular weight is 305 g/mol. The SMILES string of the molecule is COC(=O)Cc1ccccc1NC(=O)c1cccc(Cl)n1. The molecular weight excluding hydrogens is 292 g/mol. The van der Waals surface area contributed by atoms with E-state index >= 15 is 0 Å². The van der Waals surface area contributed by atoms with Crippen molar-refractivity contribution in [3.63, 3.8) is 0 Å². The summed E-state index contributed by atoms with van der Waals surface area (Å²) in [5, 5.41) is 2.96. The summed E-state index contributed by atoms with van der Waals surface area (Å²) < 4.78 is 4.63. The molecule has 1 N–H and O–H groups in total. The Kier molecular flexibility index (Phi) is 4.90. The van der Waals surface area contributed by atoms with Crippen molar-refractivity contribution in [1.29, 1.82) is 0 Å². The van der Waals surface area contributed by atoms with Gasteiger partial charge in [0.25, 0.3) is 5.91 Å². The Hall–Kier alpha value is -2.40. The van der Waals surface area contributed by atoms with Crippen molar-refractivity contribution < 1.29 is 14.3 Å². The summed E-state index contributed by atoms with van der Waals surface area (Å²) >= 11 is 5.76. The van der Waals surface area contributed by atoms with Gasteiger partial charge in [0.15, 0.2) is 0 Å². The molecule has 108 valence electrons. The maximum absolute atomic E-state index is 12.1. The van der Waals surface area contributed by atoms with Crippen LogP contribution in [0.2, 0.25) is 5.15 Å². The monoisotopic (exact) mass is 304 g/mol. The first-order valence-corrected chi connectivity index (χ1v) is 6.56. The van der Waals surface area contributed by atoms with E-state index in [2.05, 4.69) is 15.0 Å². The van der Waals surface area contributed by atoms with Crippen LogP contribution in [0.5, 0.6) is 0 Å². The van der Waals surface area contributed by atoms with Gasteiger partial charge >= 0.3 is 5.97 Å². The average Bonchev–Trinajstić information content (AvgIpc) is 2.49. The van der Waals surface area contributed by atoms with Gasteiger partial charge in [0.05, 0.1) is 13.5 Å². The second-order valence-electron chi connectivity index (χ2n) is 4.21. The van der Waals surface area contributed by atoms with Gasteiger partial charge in [-0.2, -0.15) is 0 Å². The van der Waals surface area contributed by atoms with Crippen molar-refractivity contribution in [3.05, 3.63) is 58.9 Å². The van der Waals surface area contributed by atoms with Gasteiger partial charge in [-0.1, -0.05) is 35.9 Å². The number of anilines is 1. The van der Waals surface area contributed by atoms with Crippen LogP contribution < -0.4 is 5.32 Å². The minimum atomic E-state index is -0.394. The van der Waals surface area contributed by atoms with Crippen molar-refractivity contribution in [2.75, 3.05) is 12.4 Å². The molecule has 0 aliphatic heterocycles. The summed E-state index contributed by atoms with van der Waals surface area (Å²) in [6.45, 7) is 0. The van der Waals surface area contributed by atoms with Crippen LogP contribution in [0.15, 0.2) is 42.5 Å². The van der Waals surface area contributed by atoms with Gasteiger partial charge < -0.3 is 10.1 Å². The fraction of sp³-hybridized carbons (Fsp3) is 0.133. The van der Waals surface area contributed by atoms with E-state index in [9.17, 15) is 9.59 Å². The first-order valence-electron chi connectivity index (χ1n) is 6.19. The highest BCUT2D eigenvalue weighted by Gasteiger charge is 2.12. The molecule has 1 aromatic carbocycles. The summed E-state index contributed by atoms with van der Waals surface area (Å²) in [7, 11) is 1.32. The van der Waals surface area contributed by atoms with Crippen molar-refractivity contribution in [2.45, 2.75) is 6.42 Å². The number of esters is 1. The number of nitrogens with zero attached hydrogens (tertiary/aromatic N) is 1. The summed E-state index contributed by atoms with van der Waals surface area (Å²) in [6.07, 6.45) is 0.0793. The van der Waals surface area contributed by atoms with E-state index in [4.69, 9.17) is 11.6 Å². The van der Waals surface area contributed by atoms with Crippen LogP contribution in [-0.2, 0) is 16.0 Å². The van der Waals surface area contributed by atoms with Gasteiger partial charge in [-0.3, -0.25) is 9.59 Å². The highest BCUT2D eigenvalue weighted by atomic mass is 35.5. The van der Waals surface area contributed by atoms with Gasteiger partial charge in [0, 0.05) is 5.69 Å².